The van der Waals surface area contributed by atoms with E-state index in [0.717, 1.165) is 24.1 Å². The number of nitrogens with zero attached hydrogens (tertiary/aromatic N) is 1. The molecule has 0 saturated carbocycles. The average molecular weight is 349 g/mol. The van der Waals surface area contributed by atoms with Gasteiger partial charge in [-0.2, -0.15) is 5.10 Å². The molecule has 120 valence electrons. The molecule has 23 heavy (non-hydrogen) atoms. The van der Waals surface area contributed by atoms with Gasteiger partial charge in [-0.05, 0) is 42.7 Å². The van der Waals surface area contributed by atoms with E-state index in [4.69, 9.17) is 23.2 Å². The van der Waals surface area contributed by atoms with Crippen molar-refractivity contribution in [3.05, 3.63) is 69.2 Å². The lowest BCUT2D eigenvalue weighted by Gasteiger charge is -2.05. The molecular weight excluding hydrogens is 331 g/mol. The third-order valence-corrected chi connectivity index (χ3v) is 4.16. The highest BCUT2D eigenvalue weighted by atomic mass is 35.5. The average Bonchev–Trinajstić information content (AvgIpc) is 2.56. The molecule has 2 aromatic carbocycles. The van der Waals surface area contributed by atoms with Gasteiger partial charge in [0.05, 0.1) is 15.8 Å². The summed E-state index contributed by atoms with van der Waals surface area (Å²) in [6.45, 7) is 4.00. The SMILES string of the molecule is CCCc1ccc(/C(C)=N/NC(=O)c2ccc(Cl)c(Cl)c2)cc1. The highest BCUT2D eigenvalue weighted by molar-refractivity contribution is 6.42. The molecule has 3 nitrogen and oxygen atoms in total. The predicted octanol–water partition coefficient (Wildman–Crippen LogP) is 5.10. The monoisotopic (exact) mass is 348 g/mol. The first kappa shape index (κ1) is 17.5. The number of hydrogen-bond acceptors (Lipinski definition) is 2. The zero-order valence-corrected chi connectivity index (χ0v) is 14.6. The zero-order chi connectivity index (χ0) is 16.8. The Kier molecular flexibility index (Phi) is 6.20. The summed E-state index contributed by atoms with van der Waals surface area (Å²) >= 11 is 11.7. The van der Waals surface area contributed by atoms with Crippen LogP contribution in [0.25, 0.3) is 0 Å². The molecule has 0 atom stereocenters. The first-order chi connectivity index (χ1) is 11.0. The van der Waals surface area contributed by atoms with Gasteiger partial charge in [-0.1, -0.05) is 60.8 Å². The summed E-state index contributed by atoms with van der Waals surface area (Å²) < 4.78 is 0. The van der Waals surface area contributed by atoms with Crippen LogP contribution in [0.3, 0.4) is 0 Å². The van der Waals surface area contributed by atoms with Crippen LogP contribution in [0.2, 0.25) is 10.0 Å². The van der Waals surface area contributed by atoms with Crippen molar-refractivity contribution in [3.8, 4) is 0 Å². The molecule has 0 fully saturated rings. The van der Waals surface area contributed by atoms with Crippen molar-refractivity contribution in [1.82, 2.24) is 5.43 Å². The fourth-order valence-electron chi connectivity index (χ4n) is 2.10. The highest BCUT2D eigenvalue weighted by Gasteiger charge is 2.07. The molecule has 1 N–H and O–H groups in total. The molecule has 0 aromatic heterocycles. The van der Waals surface area contributed by atoms with Crippen molar-refractivity contribution in [2.24, 2.45) is 5.10 Å². The van der Waals surface area contributed by atoms with Crippen molar-refractivity contribution in [2.45, 2.75) is 26.7 Å². The fourth-order valence-corrected chi connectivity index (χ4v) is 2.40. The van der Waals surface area contributed by atoms with Gasteiger partial charge < -0.3 is 0 Å². The summed E-state index contributed by atoms with van der Waals surface area (Å²) in [5.41, 5.74) is 5.95. The van der Waals surface area contributed by atoms with Gasteiger partial charge in [0, 0.05) is 5.56 Å². The molecular formula is C18H18Cl2N2O. The summed E-state index contributed by atoms with van der Waals surface area (Å²) in [6.07, 6.45) is 2.18. The maximum absolute atomic E-state index is 12.1. The molecule has 0 aliphatic carbocycles. The van der Waals surface area contributed by atoms with E-state index in [9.17, 15) is 4.79 Å². The lowest BCUT2D eigenvalue weighted by atomic mass is 10.1. The predicted molar refractivity (Wildman–Crippen MR) is 96.6 cm³/mol. The van der Waals surface area contributed by atoms with Crippen LogP contribution in [0.1, 0.15) is 41.8 Å². The molecule has 0 radical (unpaired) electrons. The highest BCUT2D eigenvalue weighted by Crippen LogP contribution is 2.22. The number of halogens is 2. The molecule has 0 unspecified atom stereocenters. The minimum absolute atomic E-state index is 0.328. The van der Waals surface area contributed by atoms with Gasteiger partial charge in [0.2, 0.25) is 0 Å². The topological polar surface area (TPSA) is 41.5 Å². The lowest BCUT2D eigenvalue weighted by Crippen LogP contribution is -2.19. The van der Waals surface area contributed by atoms with E-state index in [0.29, 0.717) is 15.6 Å². The molecule has 0 saturated heterocycles. The van der Waals surface area contributed by atoms with Crippen molar-refractivity contribution in [2.75, 3.05) is 0 Å². The Balaban J connectivity index is 2.05. The van der Waals surface area contributed by atoms with Crippen LogP contribution in [-0.2, 0) is 6.42 Å². The van der Waals surface area contributed by atoms with Crippen LogP contribution in [0.5, 0.6) is 0 Å². The van der Waals surface area contributed by atoms with Crippen LogP contribution in [-0.4, -0.2) is 11.6 Å². The minimum Gasteiger partial charge on any atom is -0.267 e. The summed E-state index contributed by atoms with van der Waals surface area (Å²) in [6, 6.07) is 12.9. The fraction of sp³-hybridized carbons (Fsp3) is 0.222. The zero-order valence-electron chi connectivity index (χ0n) is 13.1. The van der Waals surface area contributed by atoms with Crippen LogP contribution in [0.15, 0.2) is 47.6 Å². The second-order valence-corrected chi connectivity index (χ2v) is 6.03. The number of rotatable bonds is 5. The minimum atomic E-state index is -0.328. The lowest BCUT2D eigenvalue weighted by molar-refractivity contribution is 0.0955. The summed E-state index contributed by atoms with van der Waals surface area (Å²) in [7, 11) is 0. The van der Waals surface area contributed by atoms with Crippen molar-refractivity contribution >= 4 is 34.8 Å². The van der Waals surface area contributed by atoms with Crippen molar-refractivity contribution in [3.63, 3.8) is 0 Å². The number of carbonyl (C=O) groups excluding carboxylic acids is 1. The Morgan fingerprint density at radius 3 is 2.30 bits per heavy atom. The van der Waals surface area contributed by atoms with Gasteiger partial charge in [0.1, 0.15) is 0 Å². The van der Waals surface area contributed by atoms with Crippen molar-refractivity contribution < 1.29 is 4.79 Å². The van der Waals surface area contributed by atoms with Gasteiger partial charge in [-0.25, -0.2) is 5.43 Å². The van der Waals surface area contributed by atoms with Gasteiger partial charge in [0.25, 0.3) is 5.91 Å². The quantitative estimate of drug-likeness (QED) is 0.592. The second-order valence-electron chi connectivity index (χ2n) is 5.21. The number of amides is 1. The molecule has 2 aromatic rings. The third kappa shape index (κ3) is 4.81. The number of nitrogens with one attached hydrogen (secondary N) is 1. The number of benzene rings is 2. The molecule has 1 amide bonds. The second kappa shape index (κ2) is 8.14. The van der Waals surface area contributed by atoms with E-state index < -0.39 is 0 Å². The van der Waals surface area contributed by atoms with E-state index in [2.05, 4.69) is 29.6 Å². The number of hydrazone groups is 1. The van der Waals surface area contributed by atoms with E-state index in [1.54, 1.807) is 12.1 Å². The maximum Gasteiger partial charge on any atom is 0.271 e. The molecule has 0 aliphatic heterocycles. The van der Waals surface area contributed by atoms with Gasteiger partial charge >= 0.3 is 0 Å². The van der Waals surface area contributed by atoms with Crippen LogP contribution in [0.4, 0.5) is 0 Å². The Bertz CT molecular complexity index is 724. The van der Waals surface area contributed by atoms with Crippen molar-refractivity contribution in [1.29, 1.82) is 0 Å². The molecule has 0 heterocycles. The number of hydrogen-bond donors (Lipinski definition) is 1. The smallest absolute Gasteiger partial charge is 0.267 e. The van der Waals surface area contributed by atoms with Crippen LogP contribution < -0.4 is 5.43 Å². The molecule has 0 spiro atoms. The Hall–Kier alpha value is -1.84. The molecule has 2 rings (SSSR count). The molecule has 0 aliphatic rings. The summed E-state index contributed by atoms with van der Waals surface area (Å²) in [4.78, 5) is 12.1. The van der Waals surface area contributed by atoms with Crippen LogP contribution in [0, 0.1) is 0 Å². The van der Waals surface area contributed by atoms with Gasteiger partial charge in [-0.15, -0.1) is 0 Å². The Morgan fingerprint density at radius 1 is 1.04 bits per heavy atom. The summed E-state index contributed by atoms with van der Waals surface area (Å²) in [5.74, 6) is -0.328. The van der Waals surface area contributed by atoms with Gasteiger partial charge in [-0.3, -0.25) is 4.79 Å². The standard InChI is InChI=1S/C18H18Cl2N2O/c1-3-4-13-5-7-14(8-6-13)12(2)21-22-18(23)15-9-10-16(19)17(20)11-15/h5-11H,3-4H2,1-2H3,(H,22,23)/b21-12+. The third-order valence-electron chi connectivity index (χ3n) is 3.42. The van der Waals surface area contributed by atoms with E-state index in [-0.39, 0.29) is 5.91 Å². The van der Waals surface area contributed by atoms with E-state index in [1.165, 1.54) is 11.6 Å². The molecule has 0 bridgehead atoms. The first-order valence-electron chi connectivity index (χ1n) is 7.40. The first-order valence-corrected chi connectivity index (χ1v) is 8.16. The largest absolute Gasteiger partial charge is 0.271 e. The normalized spacial score (nSPS) is 11.4. The summed E-state index contributed by atoms with van der Waals surface area (Å²) in [5, 5.41) is 4.89. The van der Waals surface area contributed by atoms with E-state index in [1.807, 2.05) is 19.1 Å². The van der Waals surface area contributed by atoms with E-state index >= 15 is 0 Å². The molecule has 5 heteroatoms. The van der Waals surface area contributed by atoms with Gasteiger partial charge in [0.15, 0.2) is 0 Å². The Labute approximate surface area is 146 Å². The maximum atomic E-state index is 12.1. The van der Waals surface area contributed by atoms with Crippen LogP contribution >= 0.6 is 23.2 Å². The Morgan fingerprint density at radius 2 is 1.70 bits per heavy atom. The number of carbonyl (C=O) groups is 1. The number of aryl methyl sites for hydroxylation is 1.